The van der Waals surface area contributed by atoms with Gasteiger partial charge in [0, 0.05) is 10.7 Å². The molecule has 1 aromatic heterocycles. The highest BCUT2D eigenvalue weighted by molar-refractivity contribution is 8.13. The van der Waals surface area contributed by atoms with Gasteiger partial charge in [0.05, 0.1) is 10.9 Å². The summed E-state index contributed by atoms with van der Waals surface area (Å²) in [5.74, 6) is 0. The third-order valence-corrected chi connectivity index (χ3v) is 4.29. The average Bonchev–Trinajstić information content (AvgIpc) is 2.80. The Bertz CT molecular complexity index is 612. The van der Waals surface area contributed by atoms with Crippen molar-refractivity contribution in [3.8, 4) is 5.69 Å². The maximum absolute atomic E-state index is 11.2. The number of tetrazole rings is 1. The van der Waals surface area contributed by atoms with Crippen molar-refractivity contribution in [2.75, 3.05) is 0 Å². The van der Waals surface area contributed by atoms with Crippen molar-refractivity contribution in [2.24, 2.45) is 0 Å². The topological polar surface area (TPSA) is 77.7 Å². The van der Waals surface area contributed by atoms with Crippen LogP contribution in [0.4, 0.5) is 0 Å². The molecule has 1 unspecified atom stereocenters. The fraction of sp³-hybridized carbons (Fsp3) is 0.222. The van der Waals surface area contributed by atoms with Crippen LogP contribution >= 0.6 is 10.7 Å². The van der Waals surface area contributed by atoms with E-state index in [0.29, 0.717) is 11.3 Å². The monoisotopic (exact) mass is 272 g/mol. The maximum atomic E-state index is 11.2. The first-order chi connectivity index (χ1) is 7.98. The average molecular weight is 273 g/mol. The van der Waals surface area contributed by atoms with Crippen molar-refractivity contribution in [1.29, 1.82) is 0 Å². The molecule has 0 fully saturated rings. The number of benzene rings is 1. The van der Waals surface area contributed by atoms with Gasteiger partial charge in [0.1, 0.15) is 6.33 Å². The molecule has 0 spiro atoms. The molecule has 1 atom stereocenters. The second-order valence-electron chi connectivity index (χ2n) is 3.47. The number of rotatable bonds is 3. The molecule has 0 bridgehead atoms. The van der Waals surface area contributed by atoms with Crippen LogP contribution in [0.25, 0.3) is 5.69 Å². The van der Waals surface area contributed by atoms with Gasteiger partial charge in [-0.2, -0.15) is 0 Å². The molecule has 2 aromatic rings. The molecule has 0 saturated carbocycles. The number of aromatic nitrogens is 4. The third-order valence-electron chi connectivity index (χ3n) is 2.38. The normalized spacial score (nSPS) is 13.5. The summed E-state index contributed by atoms with van der Waals surface area (Å²) >= 11 is 0. The van der Waals surface area contributed by atoms with E-state index in [1.165, 1.54) is 17.9 Å². The van der Waals surface area contributed by atoms with Crippen LogP contribution in [0.15, 0.2) is 30.6 Å². The molecule has 0 amide bonds. The first kappa shape index (κ1) is 12.0. The van der Waals surface area contributed by atoms with E-state index in [1.807, 2.05) is 0 Å². The number of hydrogen-bond donors (Lipinski definition) is 0. The lowest BCUT2D eigenvalue weighted by atomic mass is 10.1. The molecule has 17 heavy (non-hydrogen) atoms. The summed E-state index contributed by atoms with van der Waals surface area (Å²) in [5.41, 5.74) is 1.27. The van der Waals surface area contributed by atoms with E-state index in [4.69, 9.17) is 10.7 Å². The number of nitrogens with zero attached hydrogens (tertiary/aromatic N) is 4. The molecule has 0 N–H and O–H groups in total. The van der Waals surface area contributed by atoms with Gasteiger partial charge in [0.15, 0.2) is 0 Å². The highest BCUT2D eigenvalue weighted by Crippen LogP contribution is 2.26. The van der Waals surface area contributed by atoms with Gasteiger partial charge in [-0.15, -0.1) is 5.10 Å². The molecule has 1 aromatic carbocycles. The second kappa shape index (κ2) is 4.42. The third kappa shape index (κ3) is 2.62. The molecular formula is C9H9ClN4O2S. The SMILES string of the molecule is CC(c1cccc(-n2cnnn2)c1)S(=O)(=O)Cl. The molecule has 0 aliphatic heterocycles. The van der Waals surface area contributed by atoms with Crippen LogP contribution in [0.2, 0.25) is 0 Å². The van der Waals surface area contributed by atoms with Gasteiger partial charge in [-0.25, -0.2) is 13.1 Å². The lowest BCUT2D eigenvalue weighted by Crippen LogP contribution is -2.04. The first-order valence-electron chi connectivity index (χ1n) is 4.75. The Morgan fingerprint density at radius 1 is 1.41 bits per heavy atom. The summed E-state index contributed by atoms with van der Waals surface area (Å²) in [6.45, 7) is 1.53. The fourth-order valence-corrected chi connectivity index (χ4v) is 2.14. The Morgan fingerprint density at radius 2 is 2.18 bits per heavy atom. The van der Waals surface area contributed by atoms with Gasteiger partial charge >= 0.3 is 0 Å². The van der Waals surface area contributed by atoms with Crippen LogP contribution in [0.3, 0.4) is 0 Å². The van der Waals surface area contributed by atoms with Crippen molar-refractivity contribution >= 4 is 19.7 Å². The molecule has 0 aliphatic carbocycles. The molecule has 6 nitrogen and oxygen atoms in total. The zero-order valence-electron chi connectivity index (χ0n) is 8.86. The van der Waals surface area contributed by atoms with E-state index >= 15 is 0 Å². The van der Waals surface area contributed by atoms with Gasteiger partial charge < -0.3 is 0 Å². The van der Waals surface area contributed by atoms with Crippen LogP contribution in [-0.4, -0.2) is 28.6 Å². The van der Waals surface area contributed by atoms with Crippen LogP contribution in [0, 0.1) is 0 Å². The Hall–Kier alpha value is -1.47. The zero-order chi connectivity index (χ0) is 12.5. The van der Waals surface area contributed by atoms with E-state index < -0.39 is 14.3 Å². The molecule has 2 rings (SSSR count). The maximum Gasteiger partial charge on any atom is 0.239 e. The minimum Gasteiger partial charge on any atom is -0.212 e. The van der Waals surface area contributed by atoms with Gasteiger partial charge in [0.25, 0.3) is 0 Å². The van der Waals surface area contributed by atoms with E-state index in [0.717, 1.165) is 0 Å². The largest absolute Gasteiger partial charge is 0.239 e. The summed E-state index contributed by atoms with van der Waals surface area (Å²) in [5, 5.41) is 9.96. The Balaban J connectivity index is 2.42. The highest BCUT2D eigenvalue weighted by Gasteiger charge is 2.19. The molecule has 0 aliphatic rings. The Morgan fingerprint density at radius 3 is 2.76 bits per heavy atom. The van der Waals surface area contributed by atoms with E-state index in [2.05, 4.69) is 15.5 Å². The van der Waals surface area contributed by atoms with Gasteiger partial charge in [0.2, 0.25) is 9.05 Å². The molecule has 90 valence electrons. The van der Waals surface area contributed by atoms with Crippen molar-refractivity contribution in [3.05, 3.63) is 36.2 Å². The van der Waals surface area contributed by atoms with Gasteiger partial charge in [-0.1, -0.05) is 12.1 Å². The van der Waals surface area contributed by atoms with E-state index in [1.54, 1.807) is 24.3 Å². The van der Waals surface area contributed by atoms with Crippen LogP contribution < -0.4 is 0 Å². The summed E-state index contributed by atoms with van der Waals surface area (Å²) in [4.78, 5) is 0. The predicted octanol–water partition coefficient (Wildman–Crippen LogP) is 1.29. The second-order valence-corrected chi connectivity index (χ2v) is 6.42. The predicted molar refractivity (Wildman–Crippen MR) is 62.3 cm³/mol. The summed E-state index contributed by atoms with van der Waals surface area (Å²) in [7, 11) is 1.69. The van der Waals surface area contributed by atoms with Crippen LogP contribution in [0.5, 0.6) is 0 Å². The van der Waals surface area contributed by atoms with E-state index in [-0.39, 0.29) is 0 Å². The minimum absolute atomic E-state index is 0.591. The summed E-state index contributed by atoms with van der Waals surface area (Å²) in [6.07, 6.45) is 1.43. The molecule has 8 heteroatoms. The number of halogens is 1. The lowest BCUT2D eigenvalue weighted by Gasteiger charge is -2.09. The molecular weight excluding hydrogens is 264 g/mol. The molecule has 0 saturated heterocycles. The van der Waals surface area contributed by atoms with Crippen LogP contribution in [-0.2, 0) is 9.05 Å². The molecule has 1 heterocycles. The Labute approximate surface area is 103 Å². The summed E-state index contributed by atoms with van der Waals surface area (Å²) in [6, 6.07) is 6.87. The quantitative estimate of drug-likeness (QED) is 0.787. The fourth-order valence-electron chi connectivity index (χ4n) is 1.36. The van der Waals surface area contributed by atoms with Gasteiger partial charge in [-0.3, -0.25) is 0 Å². The van der Waals surface area contributed by atoms with Crippen molar-refractivity contribution < 1.29 is 8.42 Å². The lowest BCUT2D eigenvalue weighted by molar-refractivity contribution is 0.600. The minimum atomic E-state index is -3.63. The van der Waals surface area contributed by atoms with Gasteiger partial charge in [-0.05, 0) is 35.0 Å². The number of hydrogen-bond acceptors (Lipinski definition) is 5. The van der Waals surface area contributed by atoms with Crippen LogP contribution in [0.1, 0.15) is 17.7 Å². The summed E-state index contributed by atoms with van der Waals surface area (Å²) < 4.78 is 23.9. The van der Waals surface area contributed by atoms with Crippen molar-refractivity contribution in [2.45, 2.75) is 12.2 Å². The van der Waals surface area contributed by atoms with E-state index in [9.17, 15) is 8.42 Å². The molecule has 0 radical (unpaired) electrons. The first-order valence-corrected chi connectivity index (χ1v) is 7.12. The highest BCUT2D eigenvalue weighted by atomic mass is 35.7. The standard InChI is InChI=1S/C9H9ClN4O2S/c1-7(17(10,15)16)8-3-2-4-9(5-8)14-6-11-12-13-14/h2-7H,1H3. The Kier molecular flexibility index (Phi) is 3.12. The smallest absolute Gasteiger partial charge is 0.212 e. The van der Waals surface area contributed by atoms with Crippen molar-refractivity contribution in [1.82, 2.24) is 20.2 Å². The zero-order valence-corrected chi connectivity index (χ0v) is 10.4. The van der Waals surface area contributed by atoms with Crippen molar-refractivity contribution in [3.63, 3.8) is 0 Å².